The van der Waals surface area contributed by atoms with Crippen LogP contribution in [0.5, 0.6) is 5.75 Å². The van der Waals surface area contributed by atoms with E-state index in [0.29, 0.717) is 17.9 Å². The van der Waals surface area contributed by atoms with Crippen molar-refractivity contribution in [3.05, 3.63) is 28.0 Å². The van der Waals surface area contributed by atoms with Crippen molar-refractivity contribution in [2.75, 3.05) is 6.61 Å². The monoisotopic (exact) mass is 232 g/mol. The molecule has 1 aromatic rings. The number of rotatable bonds is 2. The quantitative estimate of drug-likeness (QED) is 0.761. The Morgan fingerprint density at radius 3 is 2.75 bits per heavy atom. The van der Waals surface area contributed by atoms with E-state index < -0.39 is 0 Å². The van der Waals surface area contributed by atoms with E-state index in [1.165, 1.54) is 6.07 Å². The van der Waals surface area contributed by atoms with Gasteiger partial charge in [-0.25, -0.2) is 4.39 Å². The lowest BCUT2D eigenvalue weighted by Gasteiger charge is -2.06. The lowest BCUT2D eigenvalue weighted by atomic mass is 10.2. The van der Waals surface area contributed by atoms with Gasteiger partial charge < -0.3 is 4.74 Å². The normalized spacial score (nSPS) is 10.0. The van der Waals surface area contributed by atoms with Crippen LogP contribution >= 0.6 is 15.9 Å². The fraction of sp³-hybridized carbons (Fsp3) is 0.333. The Bertz CT molecular complexity index is 286. The van der Waals surface area contributed by atoms with E-state index in [2.05, 4.69) is 15.9 Å². The minimum Gasteiger partial charge on any atom is -0.493 e. The van der Waals surface area contributed by atoms with Crippen molar-refractivity contribution in [2.45, 2.75) is 13.8 Å². The van der Waals surface area contributed by atoms with Gasteiger partial charge in [0.25, 0.3) is 0 Å². The third-order valence-electron chi connectivity index (χ3n) is 1.51. The third-order valence-corrected chi connectivity index (χ3v) is 2.13. The van der Waals surface area contributed by atoms with Crippen molar-refractivity contribution in [1.29, 1.82) is 0 Å². The highest BCUT2D eigenvalue weighted by molar-refractivity contribution is 9.10. The molecule has 1 aromatic carbocycles. The van der Waals surface area contributed by atoms with E-state index in [1.807, 2.05) is 6.92 Å². The second kappa shape index (κ2) is 3.90. The minimum atomic E-state index is -0.235. The van der Waals surface area contributed by atoms with Gasteiger partial charge in [-0.3, -0.25) is 0 Å². The van der Waals surface area contributed by atoms with Crippen LogP contribution < -0.4 is 4.74 Å². The first-order valence-electron chi connectivity index (χ1n) is 3.73. The summed E-state index contributed by atoms with van der Waals surface area (Å²) in [5, 5.41) is 0. The van der Waals surface area contributed by atoms with E-state index in [9.17, 15) is 4.39 Å². The third kappa shape index (κ3) is 1.97. The summed E-state index contributed by atoms with van der Waals surface area (Å²) >= 11 is 3.29. The van der Waals surface area contributed by atoms with Crippen LogP contribution in [0.3, 0.4) is 0 Å². The molecule has 0 aliphatic heterocycles. The molecular weight excluding hydrogens is 223 g/mol. The van der Waals surface area contributed by atoms with Gasteiger partial charge in [-0.05, 0) is 41.4 Å². The van der Waals surface area contributed by atoms with E-state index in [1.54, 1.807) is 13.0 Å². The molecule has 12 heavy (non-hydrogen) atoms. The second-order valence-corrected chi connectivity index (χ2v) is 3.32. The largest absolute Gasteiger partial charge is 0.493 e. The van der Waals surface area contributed by atoms with Crippen LogP contribution in [0.15, 0.2) is 16.6 Å². The van der Waals surface area contributed by atoms with Gasteiger partial charge in [0.05, 0.1) is 11.1 Å². The van der Waals surface area contributed by atoms with Gasteiger partial charge in [0.1, 0.15) is 11.6 Å². The summed E-state index contributed by atoms with van der Waals surface area (Å²) in [6, 6.07) is 3.10. The summed E-state index contributed by atoms with van der Waals surface area (Å²) in [7, 11) is 0. The molecule has 0 N–H and O–H groups in total. The van der Waals surface area contributed by atoms with Gasteiger partial charge >= 0.3 is 0 Å². The second-order valence-electron chi connectivity index (χ2n) is 2.46. The molecule has 0 spiro atoms. The summed E-state index contributed by atoms with van der Waals surface area (Å²) in [5.74, 6) is 0.322. The van der Waals surface area contributed by atoms with Gasteiger partial charge in [-0.1, -0.05) is 0 Å². The fourth-order valence-corrected chi connectivity index (χ4v) is 1.47. The molecule has 0 aromatic heterocycles. The van der Waals surface area contributed by atoms with Crippen LogP contribution in [0.4, 0.5) is 4.39 Å². The first-order chi connectivity index (χ1) is 5.65. The van der Waals surface area contributed by atoms with Crippen molar-refractivity contribution in [2.24, 2.45) is 0 Å². The van der Waals surface area contributed by atoms with Crippen LogP contribution in [0.1, 0.15) is 12.5 Å². The fourth-order valence-electron chi connectivity index (χ4n) is 0.894. The van der Waals surface area contributed by atoms with Crippen LogP contribution in [-0.2, 0) is 0 Å². The van der Waals surface area contributed by atoms with Gasteiger partial charge in [0, 0.05) is 6.07 Å². The minimum absolute atomic E-state index is 0.235. The smallest absolute Gasteiger partial charge is 0.136 e. The van der Waals surface area contributed by atoms with Crippen LogP contribution in [-0.4, -0.2) is 6.61 Å². The Morgan fingerprint density at radius 1 is 1.50 bits per heavy atom. The molecule has 3 heteroatoms. The number of ether oxygens (including phenoxy) is 1. The molecular formula is C9H10BrFO. The Balaban J connectivity index is 3.05. The maximum Gasteiger partial charge on any atom is 0.136 e. The predicted molar refractivity (Wildman–Crippen MR) is 50.0 cm³/mol. The Hall–Kier alpha value is -0.570. The Kier molecular flexibility index (Phi) is 3.09. The van der Waals surface area contributed by atoms with Crippen LogP contribution in [0.2, 0.25) is 0 Å². The molecule has 0 fully saturated rings. The Morgan fingerprint density at radius 2 is 2.17 bits per heavy atom. The number of benzene rings is 1. The molecule has 0 amide bonds. The summed E-state index contributed by atoms with van der Waals surface area (Å²) < 4.78 is 19.0. The average Bonchev–Trinajstić information content (AvgIpc) is 2.01. The van der Waals surface area contributed by atoms with Crippen molar-refractivity contribution in [3.63, 3.8) is 0 Å². The summed E-state index contributed by atoms with van der Waals surface area (Å²) in [5.41, 5.74) is 0.616. The molecule has 0 saturated heterocycles. The highest BCUT2D eigenvalue weighted by atomic mass is 79.9. The topological polar surface area (TPSA) is 9.23 Å². The van der Waals surface area contributed by atoms with Crippen molar-refractivity contribution >= 4 is 15.9 Å². The Labute approximate surface area is 79.7 Å². The molecule has 0 aliphatic rings. The molecule has 66 valence electrons. The lowest BCUT2D eigenvalue weighted by Crippen LogP contribution is -1.94. The first-order valence-corrected chi connectivity index (χ1v) is 4.53. The zero-order valence-corrected chi connectivity index (χ0v) is 8.61. The molecule has 0 atom stereocenters. The van der Waals surface area contributed by atoms with Crippen molar-refractivity contribution < 1.29 is 9.13 Å². The van der Waals surface area contributed by atoms with Crippen molar-refractivity contribution in [3.8, 4) is 5.75 Å². The first kappa shape index (κ1) is 9.52. The molecule has 0 heterocycles. The molecule has 0 bridgehead atoms. The van der Waals surface area contributed by atoms with Gasteiger partial charge in [0.2, 0.25) is 0 Å². The van der Waals surface area contributed by atoms with Gasteiger partial charge in [-0.2, -0.15) is 0 Å². The summed E-state index contributed by atoms with van der Waals surface area (Å²) in [6.07, 6.45) is 0. The zero-order valence-electron chi connectivity index (χ0n) is 7.03. The van der Waals surface area contributed by atoms with Crippen molar-refractivity contribution in [1.82, 2.24) is 0 Å². The lowest BCUT2D eigenvalue weighted by molar-refractivity contribution is 0.336. The summed E-state index contributed by atoms with van der Waals surface area (Å²) in [4.78, 5) is 0. The zero-order chi connectivity index (χ0) is 9.14. The SMILES string of the molecule is CCOc1cc(F)c(C)cc1Br. The van der Waals surface area contributed by atoms with E-state index in [4.69, 9.17) is 4.74 Å². The van der Waals surface area contributed by atoms with E-state index in [-0.39, 0.29) is 5.82 Å². The number of aryl methyl sites for hydroxylation is 1. The number of hydrogen-bond donors (Lipinski definition) is 0. The van der Waals surface area contributed by atoms with Gasteiger partial charge in [-0.15, -0.1) is 0 Å². The number of halogens is 2. The molecule has 0 radical (unpaired) electrons. The maximum atomic E-state index is 13.0. The molecule has 0 saturated carbocycles. The molecule has 1 nitrogen and oxygen atoms in total. The van der Waals surface area contributed by atoms with Gasteiger partial charge in [0.15, 0.2) is 0 Å². The predicted octanol–water partition coefficient (Wildman–Crippen LogP) is 3.30. The highest BCUT2D eigenvalue weighted by Gasteiger charge is 2.05. The van der Waals surface area contributed by atoms with E-state index in [0.717, 1.165) is 4.47 Å². The highest BCUT2D eigenvalue weighted by Crippen LogP contribution is 2.27. The molecule has 1 rings (SSSR count). The van der Waals surface area contributed by atoms with E-state index >= 15 is 0 Å². The number of hydrogen-bond acceptors (Lipinski definition) is 1. The maximum absolute atomic E-state index is 13.0. The standard InChI is InChI=1S/C9H10BrFO/c1-3-12-9-5-8(11)6(2)4-7(9)10/h4-5H,3H2,1-2H3. The molecule has 0 unspecified atom stereocenters. The van der Waals surface area contributed by atoms with Crippen LogP contribution in [0.25, 0.3) is 0 Å². The summed E-state index contributed by atoms with van der Waals surface area (Å²) in [6.45, 7) is 4.13. The van der Waals surface area contributed by atoms with Crippen LogP contribution in [0, 0.1) is 12.7 Å². The molecule has 0 aliphatic carbocycles. The average molecular weight is 233 g/mol.